The largest absolute Gasteiger partial charge is 0.492 e. The molecule has 1 amide bonds. The van der Waals surface area contributed by atoms with Gasteiger partial charge in [0, 0.05) is 43.6 Å². The number of aldehydes is 1. The van der Waals surface area contributed by atoms with Gasteiger partial charge in [-0.15, -0.1) is 0 Å². The summed E-state index contributed by atoms with van der Waals surface area (Å²) in [5, 5.41) is 5.81. The van der Waals surface area contributed by atoms with Gasteiger partial charge in [0.1, 0.15) is 23.2 Å². The standard InChI is InChI=1S/C30H34FN4O9P/c1-17-13-34(10-9-32-17)27-24(31)12-22-26(29(27)43-2)35(20-7-8-20)14-23(28(22)38)30(39)44-16-25(37)33-19-5-3-18(4-6-19)11-21(15-36)45(40,41)42/h3-6,12,14-15,17,20-21,32H,7-11,13,16H2,1-2H3,(H,33,37)(H2,40,41,42). The van der Waals surface area contributed by atoms with Crippen LogP contribution in [0.5, 0.6) is 5.75 Å². The Morgan fingerprint density at radius 3 is 2.56 bits per heavy atom. The predicted molar refractivity (Wildman–Crippen MR) is 164 cm³/mol. The summed E-state index contributed by atoms with van der Waals surface area (Å²) in [5.41, 5.74) is -1.14. The Morgan fingerprint density at radius 2 is 1.96 bits per heavy atom. The molecule has 2 heterocycles. The zero-order valence-corrected chi connectivity index (χ0v) is 25.6. The third-order valence-electron chi connectivity index (χ3n) is 7.85. The Bertz CT molecular complexity index is 1740. The molecule has 2 atom stereocenters. The summed E-state index contributed by atoms with van der Waals surface area (Å²) in [6, 6.07) is 7.14. The molecule has 45 heavy (non-hydrogen) atoms. The molecule has 2 unspecified atom stereocenters. The van der Waals surface area contributed by atoms with E-state index in [9.17, 15) is 33.5 Å². The van der Waals surface area contributed by atoms with Gasteiger partial charge in [0.05, 0.1) is 18.0 Å². The molecule has 1 saturated heterocycles. The first kappa shape index (κ1) is 32.3. The van der Waals surface area contributed by atoms with Crippen LogP contribution in [0.2, 0.25) is 0 Å². The number of pyridine rings is 1. The van der Waals surface area contributed by atoms with E-state index < -0.39 is 43.0 Å². The molecule has 2 fully saturated rings. The molecule has 1 aliphatic carbocycles. The first-order chi connectivity index (χ1) is 21.4. The van der Waals surface area contributed by atoms with Crippen molar-refractivity contribution in [1.29, 1.82) is 0 Å². The number of carbonyl (C=O) groups is 3. The molecule has 0 bridgehead atoms. The third kappa shape index (κ3) is 7.09. The van der Waals surface area contributed by atoms with Crippen molar-refractivity contribution in [3.8, 4) is 5.75 Å². The van der Waals surface area contributed by atoms with Gasteiger partial charge in [-0.3, -0.25) is 14.2 Å². The van der Waals surface area contributed by atoms with Crippen LogP contribution in [0.4, 0.5) is 15.8 Å². The molecular weight excluding hydrogens is 610 g/mol. The lowest BCUT2D eigenvalue weighted by Crippen LogP contribution is -2.49. The molecule has 4 N–H and O–H groups in total. The zero-order chi connectivity index (χ0) is 32.5. The fourth-order valence-electron chi connectivity index (χ4n) is 5.47. The van der Waals surface area contributed by atoms with E-state index in [2.05, 4.69) is 10.6 Å². The zero-order valence-electron chi connectivity index (χ0n) is 24.7. The smallest absolute Gasteiger partial charge is 0.344 e. The number of anilines is 2. The van der Waals surface area contributed by atoms with E-state index in [0.717, 1.165) is 18.9 Å². The quantitative estimate of drug-likeness (QED) is 0.137. The number of carbonyl (C=O) groups excluding carboxylic acids is 3. The molecule has 3 aromatic rings. The maximum absolute atomic E-state index is 15.6. The van der Waals surface area contributed by atoms with E-state index in [1.54, 1.807) is 4.57 Å². The Balaban J connectivity index is 1.34. The van der Waals surface area contributed by atoms with Crippen molar-refractivity contribution in [2.24, 2.45) is 0 Å². The normalized spacial score (nSPS) is 17.5. The number of amides is 1. The van der Waals surface area contributed by atoms with Crippen molar-refractivity contribution >= 4 is 48.0 Å². The van der Waals surface area contributed by atoms with Crippen molar-refractivity contribution in [2.45, 2.75) is 43.9 Å². The number of ether oxygens (including phenoxy) is 2. The highest BCUT2D eigenvalue weighted by Gasteiger charge is 2.33. The number of piperazine rings is 1. The van der Waals surface area contributed by atoms with Crippen molar-refractivity contribution < 1.29 is 42.6 Å². The van der Waals surface area contributed by atoms with E-state index in [4.69, 9.17) is 9.47 Å². The number of hydrogen-bond donors (Lipinski definition) is 4. The molecule has 15 heteroatoms. The predicted octanol–water partition coefficient (Wildman–Crippen LogP) is 2.37. The molecule has 1 saturated carbocycles. The van der Waals surface area contributed by atoms with E-state index in [1.807, 2.05) is 11.8 Å². The van der Waals surface area contributed by atoms with Gasteiger partial charge in [0.15, 0.2) is 18.2 Å². The monoisotopic (exact) mass is 644 g/mol. The maximum Gasteiger partial charge on any atom is 0.344 e. The third-order valence-corrected chi connectivity index (χ3v) is 9.02. The summed E-state index contributed by atoms with van der Waals surface area (Å²) in [6.07, 6.45) is 3.00. The molecule has 240 valence electrons. The number of hydrogen-bond acceptors (Lipinski definition) is 9. The summed E-state index contributed by atoms with van der Waals surface area (Å²) in [7, 11) is -3.18. The average molecular weight is 645 g/mol. The minimum absolute atomic E-state index is 0.0245. The molecule has 1 aliphatic heterocycles. The number of methoxy groups -OCH3 is 1. The van der Waals surface area contributed by atoms with Crippen LogP contribution in [0.3, 0.4) is 0 Å². The fraction of sp³-hybridized carbons (Fsp3) is 0.400. The van der Waals surface area contributed by atoms with Gasteiger partial charge in [-0.2, -0.15) is 0 Å². The molecule has 2 aromatic carbocycles. The molecule has 5 rings (SSSR count). The summed E-state index contributed by atoms with van der Waals surface area (Å²) in [5.74, 6) is -2.18. The topological polar surface area (TPSA) is 176 Å². The Morgan fingerprint density at radius 1 is 1.24 bits per heavy atom. The van der Waals surface area contributed by atoms with Crippen LogP contribution < -0.4 is 25.7 Å². The van der Waals surface area contributed by atoms with Gasteiger partial charge in [-0.1, -0.05) is 12.1 Å². The van der Waals surface area contributed by atoms with Crippen LogP contribution in [0.1, 0.15) is 41.7 Å². The minimum Gasteiger partial charge on any atom is -0.492 e. The number of halogens is 1. The number of aromatic nitrogens is 1. The van der Waals surface area contributed by atoms with Crippen molar-refractivity contribution in [2.75, 3.05) is 43.6 Å². The van der Waals surface area contributed by atoms with Crippen LogP contribution >= 0.6 is 7.60 Å². The van der Waals surface area contributed by atoms with Gasteiger partial charge in [0.2, 0.25) is 5.43 Å². The van der Waals surface area contributed by atoms with Gasteiger partial charge >= 0.3 is 13.6 Å². The summed E-state index contributed by atoms with van der Waals surface area (Å²) < 4.78 is 39.7. The summed E-state index contributed by atoms with van der Waals surface area (Å²) >= 11 is 0. The summed E-state index contributed by atoms with van der Waals surface area (Å²) in [4.78, 5) is 70.5. The lowest BCUT2D eigenvalue weighted by atomic mass is 10.1. The molecule has 0 radical (unpaired) electrons. The van der Waals surface area contributed by atoms with Gasteiger partial charge in [-0.05, 0) is 49.9 Å². The number of esters is 1. The fourth-order valence-corrected chi connectivity index (χ4v) is 6.08. The number of nitrogens with zero attached hydrogens (tertiary/aromatic N) is 2. The Labute approximate surface area is 257 Å². The molecular formula is C30H34FN4O9P. The van der Waals surface area contributed by atoms with Gasteiger partial charge in [0.25, 0.3) is 5.91 Å². The maximum atomic E-state index is 15.6. The van der Waals surface area contributed by atoms with Gasteiger partial charge in [-0.25, -0.2) is 9.18 Å². The minimum atomic E-state index is -4.60. The van der Waals surface area contributed by atoms with Crippen LogP contribution in [0.25, 0.3) is 10.9 Å². The van der Waals surface area contributed by atoms with Crippen molar-refractivity contribution in [3.05, 3.63) is 63.7 Å². The second-order valence-electron chi connectivity index (χ2n) is 11.3. The highest BCUT2D eigenvalue weighted by molar-refractivity contribution is 7.53. The SMILES string of the molecule is COc1c(N2CCNC(C)C2)c(F)cc2c(=O)c(C(=O)OCC(=O)Nc3ccc(CC(C=O)P(=O)(O)O)cc3)cn(C3CC3)c12. The molecule has 0 spiro atoms. The van der Waals surface area contributed by atoms with E-state index in [0.29, 0.717) is 36.4 Å². The average Bonchev–Trinajstić information content (AvgIpc) is 3.84. The molecule has 2 aliphatic rings. The second kappa shape index (κ2) is 13.1. The lowest BCUT2D eigenvalue weighted by molar-refractivity contribution is -0.119. The second-order valence-corrected chi connectivity index (χ2v) is 13.1. The first-order valence-electron chi connectivity index (χ1n) is 14.4. The number of benzene rings is 2. The van der Waals surface area contributed by atoms with Crippen LogP contribution in [-0.2, 0) is 25.3 Å². The Hall–Kier alpha value is -4.10. The molecule has 13 nitrogen and oxygen atoms in total. The first-order valence-corrected chi connectivity index (χ1v) is 16.1. The van der Waals surface area contributed by atoms with Crippen LogP contribution in [-0.4, -0.2) is 77.6 Å². The van der Waals surface area contributed by atoms with Gasteiger partial charge < -0.3 is 44.2 Å². The lowest BCUT2D eigenvalue weighted by Gasteiger charge is -2.35. The van der Waals surface area contributed by atoms with Crippen LogP contribution in [0.15, 0.2) is 41.3 Å². The Kier molecular flexibility index (Phi) is 9.40. The number of rotatable bonds is 11. The number of nitrogens with one attached hydrogen (secondary N) is 2. The highest BCUT2D eigenvalue weighted by atomic mass is 31.2. The highest BCUT2D eigenvalue weighted by Crippen LogP contribution is 2.44. The van der Waals surface area contributed by atoms with Crippen molar-refractivity contribution in [3.63, 3.8) is 0 Å². The summed E-state index contributed by atoms with van der Waals surface area (Å²) in [6.45, 7) is 3.02. The van der Waals surface area contributed by atoms with Crippen LogP contribution in [0, 0.1) is 5.82 Å². The van der Waals surface area contributed by atoms with E-state index >= 15 is 4.39 Å². The molecule has 1 aromatic heterocycles. The number of fused-ring (bicyclic) bond motifs is 1. The van der Waals surface area contributed by atoms with Crippen molar-refractivity contribution in [1.82, 2.24) is 9.88 Å². The van der Waals surface area contributed by atoms with E-state index in [1.165, 1.54) is 37.6 Å². The van der Waals surface area contributed by atoms with E-state index in [-0.39, 0.29) is 47.2 Å².